The fourth-order valence-corrected chi connectivity index (χ4v) is 2.28. The van der Waals surface area contributed by atoms with Crippen molar-refractivity contribution in [3.8, 4) is 0 Å². The highest BCUT2D eigenvalue weighted by Crippen LogP contribution is 2.12. The first-order valence-corrected chi connectivity index (χ1v) is 7.96. The fraction of sp³-hybridized carbons (Fsp3) is 0.235. The highest BCUT2D eigenvalue weighted by molar-refractivity contribution is 6.30. The van der Waals surface area contributed by atoms with Crippen molar-refractivity contribution in [1.29, 1.82) is 0 Å². The molecule has 0 aliphatic heterocycles. The van der Waals surface area contributed by atoms with Crippen LogP contribution < -0.4 is 10.6 Å². The van der Waals surface area contributed by atoms with Gasteiger partial charge < -0.3 is 10.6 Å². The van der Waals surface area contributed by atoms with Gasteiger partial charge in [0.15, 0.2) is 5.96 Å². The Morgan fingerprint density at radius 3 is 2.54 bits per heavy atom. The van der Waals surface area contributed by atoms with Crippen molar-refractivity contribution >= 4 is 23.2 Å². The maximum absolute atomic E-state index is 10.7. The van der Waals surface area contributed by atoms with Crippen LogP contribution in [0.25, 0.3) is 0 Å². The Balaban J connectivity index is 1.97. The topological polar surface area (TPSA) is 79.6 Å². The SMILES string of the molecule is CCNC(=NCc1cccc(Cl)c1)NCc1ccc([N+](=O)[O-])cc1. The van der Waals surface area contributed by atoms with E-state index in [1.165, 1.54) is 12.1 Å². The Morgan fingerprint density at radius 1 is 1.17 bits per heavy atom. The Labute approximate surface area is 145 Å². The summed E-state index contributed by atoms with van der Waals surface area (Å²) in [4.78, 5) is 14.8. The van der Waals surface area contributed by atoms with E-state index in [2.05, 4.69) is 15.6 Å². The second-order valence-electron chi connectivity index (χ2n) is 5.10. The molecule has 0 saturated carbocycles. The van der Waals surface area contributed by atoms with Crippen LogP contribution in [0.4, 0.5) is 5.69 Å². The van der Waals surface area contributed by atoms with Crippen molar-refractivity contribution in [3.05, 3.63) is 74.8 Å². The highest BCUT2D eigenvalue weighted by Gasteiger charge is 2.04. The normalized spacial score (nSPS) is 11.2. The molecule has 2 rings (SSSR count). The Morgan fingerprint density at radius 2 is 1.92 bits per heavy atom. The van der Waals surface area contributed by atoms with Crippen molar-refractivity contribution in [2.24, 2.45) is 4.99 Å². The minimum absolute atomic E-state index is 0.0836. The monoisotopic (exact) mass is 346 g/mol. The molecule has 0 bridgehead atoms. The number of non-ortho nitro benzene ring substituents is 1. The maximum Gasteiger partial charge on any atom is 0.269 e. The van der Waals surface area contributed by atoms with Crippen LogP contribution in [-0.2, 0) is 13.1 Å². The molecule has 0 unspecified atom stereocenters. The van der Waals surface area contributed by atoms with Gasteiger partial charge in [0.05, 0.1) is 11.5 Å². The molecule has 24 heavy (non-hydrogen) atoms. The van der Waals surface area contributed by atoms with E-state index < -0.39 is 4.92 Å². The summed E-state index contributed by atoms with van der Waals surface area (Å²) >= 11 is 5.97. The summed E-state index contributed by atoms with van der Waals surface area (Å²) in [7, 11) is 0. The van der Waals surface area contributed by atoms with E-state index >= 15 is 0 Å². The van der Waals surface area contributed by atoms with Crippen molar-refractivity contribution in [3.63, 3.8) is 0 Å². The molecule has 0 aromatic heterocycles. The van der Waals surface area contributed by atoms with Gasteiger partial charge in [-0.05, 0) is 30.2 Å². The highest BCUT2D eigenvalue weighted by atomic mass is 35.5. The van der Waals surface area contributed by atoms with Crippen LogP contribution in [0.2, 0.25) is 5.02 Å². The van der Waals surface area contributed by atoms with Gasteiger partial charge in [0.25, 0.3) is 5.69 Å². The van der Waals surface area contributed by atoms with E-state index in [0.717, 1.165) is 17.7 Å². The van der Waals surface area contributed by atoms with E-state index in [9.17, 15) is 10.1 Å². The zero-order chi connectivity index (χ0) is 17.4. The van der Waals surface area contributed by atoms with Crippen LogP contribution in [0.3, 0.4) is 0 Å². The summed E-state index contributed by atoms with van der Waals surface area (Å²) in [5.41, 5.74) is 2.05. The van der Waals surface area contributed by atoms with Crippen LogP contribution in [0.1, 0.15) is 18.1 Å². The van der Waals surface area contributed by atoms with Gasteiger partial charge in [-0.25, -0.2) is 4.99 Å². The molecule has 7 heteroatoms. The molecule has 2 aromatic carbocycles. The number of nitrogens with one attached hydrogen (secondary N) is 2. The smallest absolute Gasteiger partial charge is 0.269 e. The van der Waals surface area contributed by atoms with Gasteiger partial charge in [-0.1, -0.05) is 35.9 Å². The van der Waals surface area contributed by atoms with Gasteiger partial charge in [0.1, 0.15) is 0 Å². The van der Waals surface area contributed by atoms with E-state index in [1.807, 2.05) is 31.2 Å². The number of nitro groups is 1. The summed E-state index contributed by atoms with van der Waals surface area (Å²) in [5, 5.41) is 17.7. The van der Waals surface area contributed by atoms with Crippen LogP contribution in [-0.4, -0.2) is 17.4 Å². The van der Waals surface area contributed by atoms with E-state index in [-0.39, 0.29) is 5.69 Å². The first kappa shape index (κ1) is 17.7. The molecule has 0 saturated heterocycles. The summed E-state index contributed by atoms with van der Waals surface area (Å²) in [6, 6.07) is 14.0. The lowest BCUT2D eigenvalue weighted by Gasteiger charge is -2.11. The van der Waals surface area contributed by atoms with Crippen LogP contribution in [0, 0.1) is 10.1 Å². The average molecular weight is 347 g/mol. The average Bonchev–Trinajstić information content (AvgIpc) is 2.58. The van der Waals surface area contributed by atoms with Gasteiger partial charge in [0, 0.05) is 30.2 Å². The van der Waals surface area contributed by atoms with Gasteiger partial charge in [-0.15, -0.1) is 0 Å². The van der Waals surface area contributed by atoms with Gasteiger partial charge in [-0.3, -0.25) is 10.1 Å². The second kappa shape index (κ2) is 8.88. The maximum atomic E-state index is 10.7. The third kappa shape index (κ3) is 5.55. The van der Waals surface area contributed by atoms with Crippen LogP contribution in [0.5, 0.6) is 0 Å². The number of guanidine groups is 1. The number of hydrogen-bond donors (Lipinski definition) is 2. The number of aliphatic imine (C=N–C) groups is 1. The van der Waals surface area contributed by atoms with Crippen molar-refractivity contribution in [2.75, 3.05) is 6.54 Å². The lowest BCUT2D eigenvalue weighted by atomic mass is 10.2. The molecule has 0 aliphatic carbocycles. The number of hydrogen-bond acceptors (Lipinski definition) is 3. The molecule has 0 amide bonds. The summed E-state index contributed by atoms with van der Waals surface area (Å²) in [5.74, 6) is 0.677. The van der Waals surface area contributed by atoms with E-state index in [0.29, 0.717) is 24.1 Å². The predicted molar refractivity (Wildman–Crippen MR) is 96.2 cm³/mol. The summed E-state index contributed by atoms with van der Waals surface area (Å²) < 4.78 is 0. The van der Waals surface area contributed by atoms with Crippen LogP contribution >= 0.6 is 11.6 Å². The third-order valence-electron chi connectivity index (χ3n) is 3.26. The summed E-state index contributed by atoms with van der Waals surface area (Å²) in [6.07, 6.45) is 0. The molecule has 2 aromatic rings. The number of nitro benzene ring substituents is 1. The zero-order valence-corrected chi connectivity index (χ0v) is 14.1. The van der Waals surface area contributed by atoms with Gasteiger partial charge in [0.2, 0.25) is 0 Å². The molecule has 2 N–H and O–H groups in total. The third-order valence-corrected chi connectivity index (χ3v) is 3.50. The van der Waals surface area contributed by atoms with E-state index in [1.54, 1.807) is 12.1 Å². The fourth-order valence-electron chi connectivity index (χ4n) is 2.07. The molecule has 0 radical (unpaired) electrons. The van der Waals surface area contributed by atoms with Gasteiger partial charge in [-0.2, -0.15) is 0 Å². The number of benzene rings is 2. The molecule has 0 fully saturated rings. The van der Waals surface area contributed by atoms with Crippen LogP contribution in [0.15, 0.2) is 53.5 Å². The molecule has 6 nitrogen and oxygen atoms in total. The Kier molecular flexibility index (Phi) is 6.57. The lowest BCUT2D eigenvalue weighted by molar-refractivity contribution is -0.384. The number of nitrogens with zero attached hydrogens (tertiary/aromatic N) is 2. The summed E-state index contributed by atoms with van der Waals surface area (Å²) in [6.45, 7) is 3.76. The number of rotatable bonds is 6. The molecular formula is C17H19ClN4O2. The Bertz CT molecular complexity index is 717. The molecule has 0 heterocycles. The van der Waals surface area contributed by atoms with Crippen molar-refractivity contribution in [1.82, 2.24) is 10.6 Å². The molecule has 0 spiro atoms. The predicted octanol–water partition coefficient (Wildman–Crippen LogP) is 3.50. The van der Waals surface area contributed by atoms with Crippen molar-refractivity contribution < 1.29 is 4.92 Å². The zero-order valence-electron chi connectivity index (χ0n) is 13.3. The second-order valence-corrected chi connectivity index (χ2v) is 5.54. The minimum atomic E-state index is -0.409. The van der Waals surface area contributed by atoms with E-state index in [4.69, 9.17) is 11.6 Å². The number of halogens is 1. The minimum Gasteiger partial charge on any atom is -0.357 e. The molecule has 0 atom stereocenters. The largest absolute Gasteiger partial charge is 0.357 e. The molecule has 126 valence electrons. The first-order valence-electron chi connectivity index (χ1n) is 7.58. The lowest BCUT2D eigenvalue weighted by Crippen LogP contribution is -2.36. The quantitative estimate of drug-likeness (QED) is 0.363. The Hall–Kier alpha value is -2.60. The molecular weight excluding hydrogens is 328 g/mol. The van der Waals surface area contributed by atoms with Gasteiger partial charge >= 0.3 is 0 Å². The standard InChI is InChI=1S/C17H19ClN4O2/c1-2-19-17(21-12-14-4-3-5-15(18)10-14)20-11-13-6-8-16(9-7-13)22(23)24/h3-10H,2,11-12H2,1H3,(H2,19,20,21). The van der Waals surface area contributed by atoms with Crippen molar-refractivity contribution in [2.45, 2.75) is 20.0 Å². The first-order chi connectivity index (χ1) is 11.6. The molecule has 0 aliphatic rings.